The maximum Gasteiger partial charge on any atom is 0.00746 e. The van der Waals surface area contributed by atoms with E-state index in [0.29, 0.717) is 5.92 Å². The zero-order valence-electron chi connectivity index (χ0n) is 7.92. The van der Waals surface area contributed by atoms with Gasteiger partial charge in [0.2, 0.25) is 0 Å². The zero-order chi connectivity index (χ0) is 9.14. The summed E-state index contributed by atoms with van der Waals surface area (Å²) in [7, 11) is 0. The summed E-state index contributed by atoms with van der Waals surface area (Å²) in [5.74, 6) is 0.385. The summed E-state index contributed by atoms with van der Waals surface area (Å²) in [6.07, 6.45) is 2.10. The Balaban J connectivity index is 3.06. The fourth-order valence-corrected chi connectivity index (χ4v) is 1.74. The summed E-state index contributed by atoms with van der Waals surface area (Å²) in [6, 6.07) is 6.63. The first-order valence-electron chi connectivity index (χ1n) is 4.12. The van der Waals surface area contributed by atoms with Gasteiger partial charge in [0, 0.05) is 4.90 Å². The van der Waals surface area contributed by atoms with Crippen LogP contribution in [0.3, 0.4) is 0 Å². The highest BCUT2D eigenvalue weighted by Gasteiger charge is 2.01. The van der Waals surface area contributed by atoms with Crippen molar-refractivity contribution in [3.63, 3.8) is 0 Å². The first-order valence-corrected chi connectivity index (χ1v) is 5.34. The molecule has 0 aliphatic carbocycles. The monoisotopic (exact) mass is 179 g/mol. The van der Waals surface area contributed by atoms with E-state index in [4.69, 9.17) is 0 Å². The molecular weight excluding hydrogens is 164 g/mol. The van der Waals surface area contributed by atoms with Crippen molar-refractivity contribution in [2.24, 2.45) is 0 Å². The van der Waals surface area contributed by atoms with E-state index >= 15 is 0 Å². The maximum absolute atomic E-state index is 4.02. The number of hydrogen-bond acceptors (Lipinski definition) is 1. The molecular formula is C11H15S. The molecule has 1 aromatic rings. The van der Waals surface area contributed by atoms with Crippen LogP contribution in [0.15, 0.2) is 23.1 Å². The molecule has 0 spiro atoms. The Labute approximate surface area is 79.4 Å². The van der Waals surface area contributed by atoms with Gasteiger partial charge < -0.3 is 0 Å². The highest BCUT2D eigenvalue weighted by molar-refractivity contribution is 7.98. The van der Waals surface area contributed by atoms with Crippen LogP contribution in [0.1, 0.15) is 24.0 Å². The minimum Gasteiger partial charge on any atom is -0.130 e. The zero-order valence-corrected chi connectivity index (χ0v) is 8.74. The van der Waals surface area contributed by atoms with E-state index in [2.05, 4.69) is 45.2 Å². The minimum absolute atomic E-state index is 0.385. The lowest BCUT2D eigenvalue weighted by Gasteiger charge is -2.08. The van der Waals surface area contributed by atoms with Crippen molar-refractivity contribution >= 4 is 11.8 Å². The van der Waals surface area contributed by atoms with Crippen molar-refractivity contribution in [3.8, 4) is 0 Å². The van der Waals surface area contributed by atoms with Gasteiger partial charge in [-0.15, -0.1) is 11.8 Å². The van der Waals surface area contributed by atoms with Gasteiger partial charge in [0.05, 0.1) is 0 Å². The molecule has 1 atom stereocenters. The molecule has 0 heterocycles. The van der Waals surface area contributed by atoms with Crippen LogP contribution in [0.5, 0.6) is 0 Å². The molecule has 0 aromatic heterocycles. The third-order valence-electron chi connectivity index (χ3n) is 1.88. The van der Waals surface area contributed by atoms with Crippen LogP contribution >= 0.6 is 11.8 Å². The molecule has 0 aliphatic rings. The predicted octanol–water partition coefficient (Wildman–Crippen LogP) is 3.65. The lowest BCUT2D eigenvalue weighted by Crippen LogP contribution is -1.89. The van der Waals surface area contributed by atoms with Crippen molar-refractivity contribution in [2.75, 3.05) is 6.26 Å². The second-order valence-electron chi connectivity index (χ2n) is 3.18. The smallest absolute Gasteiger partial charge is 0.00746 e. The van der Waals surface area contributed by atoms with Crippen LogP contribution < -0.4 is 0 Å². The SMILES string of the molecule is [CH2]C(C)c1cc(C)cc(SC)c1. The molecule has 1 aromatic carbocycles. The Bertz CT molecular complexity index is 264. The molecule has 65 valence electrons. The van der Waals surface area contributed by atoms with E-state index in [-0.39, 0.29) is 0 Å². The molecule has 1 radical (unpaired) electrons. The van der Waals surface area contributed by atoms with Crippen molar-refractivity contribution in [1.29, 1.82) is 0 Å². The first kappa shape index (κ1) is 9.66. The molecule has 12 heavy (non-hydrogen) atoms. The Kier molecular flexibility index (Phi) is 3.21. The van der Waals surface area contributed by atoms with Crippen LogP contribution in [-0.4, -0.2) is 6.26 Å². The maximum atomic E-state index is 4.02. The normalized spacial score (nSPS) is 10.8. The lowest BCUT2D eigenvalue weighted by atomic mass is 10.0. The fraction of sp³-hybridized carbons (Fsp3) is 0.364. The van der Waals surface area contributed by atoms with E-state index in [1.807, 2.05) is 0 Å². The largest absolute Gasteiger partial charge is 0.130 e. The van der Waals surface area contributed by atoms with Gasteiger partial charge in [-0.2, -0.15) is 0 Å². The summed E-state index contributed by atoms with van der Waals surface area (Å²) in [6.45, 7) is 8.27. The number of hydrogen-bond donors (Lipinski definition) is 0. The number of aryl methyl sites for hydroxylation is 1. The van der Waals surface area contributed by atoms with E-state index in [9.17, 15) is 0 Å². The third kappa shape index (κ3) is 2.28. The summed E-state index contributed by atoms with van der Waals surface area (Å²) in [4.78, 5) is 1.33. The van der Waals surface area contributed by atoms with Crippen LogP contribution in [0.4, 0.5) is 0 Å². The summed E-state index contributed by atoms with van der Waals surface area (Å²) in [5.41, 5.74) is 2.66. The third-order valence-corrected chi connectivity index (χ3v) is 2.59. The lowest BCUT2D eigenvalue weighted by molar-refractivity contribution is 0.953. The molecule has 0 saturated carbocycles. The van der Waals surface area contributed by atoms with Gasteiger partial charge in [0.15, 0.2) is 0 Å². The molecule has 0 amide bonds. The molecule has 0 aliphatic heterocycles. The van der Waals surface area contributed by atoms with Crippen molar-refractivity contribution in [2.45, 2.75) is 24.7 Å². The standard InChI is InChI=1S/C11H15S/c1-8(2)10-5-9(3)6-11(7-10)12-4/h5-8H,1H2,2-4H3. The molecule has 1 unspecified atom stereocenters. The van der Waals surface area contributed by atoms with Gasteiger partial charge in [-0.05, 0) is 49.3 Å². The highest BCUT2D eigenvalue weighted by Crippen LogP contribution is 2.23. The predicted molar refractivity (Wildman–Crippen MR) is 56.7 cm³/mol. The molecule has 0 fully saturated rings. The molecule has 1 rings (SSSR count). The van der Waals surface area contributed by atoms with Gasteiger partial charge >= 0.3 is 0 Å². The van der Waals surface area contributed by atoms with Crippen LogP contribution in [-0.2, 0) is 0 Å². The average molecular weight is 179 g/mol. The van der Waals surface area contributed by atoms with Gasteiger partial charge in [0.1, 0.15) is 0 Å². The average Bonchev–Trinajstić information content (AvgIpc) is 2.03. The Morgan fingerprint density at radius 2 is 2.00 bits per heavy atom. The van der Waals surface area contributed by atoms with Crippen LogP contribution in [0.25, 0.3) is 0 Å². The van der Waals surface area contributed by atoms with Crippen LogP contribution in [0, 0.1) is 13.8 Å². The van der Waals surface area contributed by atoms with Gasteiger partial charge in [0.25, 0.3) is 0 Å². The van der Waals surface area contributed by atoms with E-state index in [1.54, 1.807) is 11.8 Å². The van der Waals surface area contributed by atoms with E-state index in [1.165, 1.54) is 16.0 Å². The fourth-order valence-electron chi connectivity index (χ4n) is 1.18. The summed E-state index contributed by atoms with van der Waals surface area (Å²) >= 11 is 1.79. The first-order chi connectivity index (χ1) is 5.63. The second kappa shape index (κ2) is 3.99. The highest BCUT2D eigenvalue weighted by atomic mass is 32.2. The molecule has 0 nitrogen and oxygen atoms in total. The van der Waals surface area contributed by atoms with Gasteiger partial charge in [-0.25, -0.2) is 0 Å². The molecule has 1 heteroatoms. The molecule has 0 saturated heterocycles. The Morgan fingerprint density at radius 1 is 1.33 bits per heavy atom. The van der Waals surface area contributed by atoms with E-state index in [0.717, 1.165) is 0 Å². The quantitative estimate of drug-likeness (QED) is 0.624. The van der Waals surface area contributed by atoms with Crippen LogP contribution in [0.2, 0.25) is 0 Å². The Hall–Kier alpha value is -0.430. The Morgan fingerprint density at radius 3 is 2.50 bits per heavy atom. The molecule has 0 bridgehead atoms. The second-order valence-corrected chi connectivity index (χ2v) is 4.06. The van der Waals surface area contributed by atoms with Crippen molar-refractivity contribution < 1.29 is 0 Å². The van der Waals surface area contributed by atoms with E-state index < -0.39 is 0 Å². The minimum atomic E-state index is 0.385. The summed E-state index contributed by atoms with van der Waals surface area (Å²) < 4.78 is 0. The van der Waals surface area contributed by atoms with Gasteiger partial charge in [-0.3, -0.25) is 0 Å². The number of rotatable bonds is 2. The van der Waals surface area contributed by atoms with Gasteiger partial charge in [-0.1, -0.05) is 13.0 Å². The topological polar surface area (TPSA) is 0 Å². The molecule has 0 N–H and O–H groups in total. The summed E-state index contributed by atoms with van der Waals surface area (Å²) in [5, 5.41) is 0. The number of thioether (sulfide) groups is 1. The van der Waals surface area contributed by atoms with Crippen molar-refractivity contribution in [1.82, 2.24) is 0 Å². The van der Waals surface area contributed by atoms with Crippen molar-refractivity contribution in [3.05, 3.63) is 36.2 Å². The number of benzene rings is 1.